The number of rotatable bonds is 6. The van der Waals surface area contributed by atoms with Crippen molar-refractivity contribution in [3.63, 3.8) is 0 Å². The number of nitrogens with zero attached hydrogens (tertiary/aromatic N) is 4. The number of para-hydroxylation sites is 1. The first kappa shape index (κ1) is 16.5. The van der Waals surface area contributed by atoms with E-state index in [9.17, 15) is 4.79 Å². The molecule has 1 aliphatic heterocycles. The van der Waals surface area contributed by atoms with E-state index in [-0.39, 0.29) is 11.9 Å². The summed E-state index contributed by atoms with van der Waals surface area (Å²) in [4.78, 5) is 18.5. The van der Waals surface area contributed by atoms with E-state index in [2.05, 4.69) is 51.5 Å². The predicted molar refractivity (Wildman–Crippen MR) is 93.8 cm³/mol. The number of anilines is 1. The SMILES string of the molecule is C[C@H](Cn1cncn1)NC(=O)CCN1c2ccccc2CC[C@@H]1C. The van der Waals surface area contributed by atoms with E-state index in [1.165, 1.54) is 17.6 Å². The fourth-order valence-electron chi connectivity index (χ4n) is 3.32. The summed E-state index contributed by atoms with van der Waals surface area (Å²) >= 11 is 0. The second kappa shape index (κ2) is 7.47. The molecule has 0 unspecified atom stereocenters. The van der Waals surface area contributed by atoms with E-state index in [0.29, 0.717) is 19.0 Å². The first-order valence-corrected chi connectivity index (χ1v) is 8.60. The van der Waals surface area contributed by atoms with Crippen molar-refractivity contribution in [1.29, 1.82) is 0 Å². The quantitative estimate of drug-likeness (QED) is 0.881. The number of benzene rings is 1. The van der Waals surface area contributed by atoms with Crippen LogP contribution in [0.15, 0.2) is 36.9 Å². The lowest BCUT2D eigenvalue weighted by molar-refractivity contribution is -0.121. The number of hydrogen-bond acceptors (Lipinski definition) is 4. The third-order valence-corrected chi connectivity index (χ3v) is 4.58. The molecular formula is C18H25N5O. The van der Waals surface area contributed by atoms with Crippen LogP contribution in [0.3, 0.4) is 0 Å². The van der Waals surface area contributed by atoms with Crippen LogP contribution in [0.5, 0.6) is 0 Å². The summed E-state index contributed by atoms with van der Waals surface area (Å²) in [5, 5.41) is 7.11. The van der Waals surface area contributed by atoms with E-state index in [0.717, 1.165) is 19.4 Å². The van der Waals surface area contributed by atoms with E-state index in [1.807, 2.05) is 6.92 Å². The van der Waals surface area contributed by atoms with Gasteiger partial charge in [0.25, 0.3) is 0 Å². The van der Waals surface area contributed by atoms with Gasteiger partial charge in [0.1, 0.15) is 12.7 Å². The number of amides is 1. The Morgan fingerprint density at radius 3 is 3.04 bits per heavy atom. The van der Waals surface area contributed by atoms with Gasteiger partial charge in [-0.2, -0.15) is 5.10 Å². The van der Waals surface area contributed by atoms with Crippen molar-refractivity contribution < 1.29 is 4.79 Å². The summed E-state index contributed by atoms with van der Waals surface area (Å²) in [6, 6.07) is 9.02. The minimum Gasteiger partial charge on any atom is -0.368 e. The fourth-order valence-corrected chi connectivity index (χ4v) is 3.32. The predicted octanol–water partition coefficient (Wildman–Crippen LogP) is 2.01. The number of hydrogen-bond donors (Lipinski definition) is 1. The Bertz CT molecular complexity index is 670. The fraction of sp³-hybridized carbons (Fsp3) is 0.500. The molecule has 0 bridgehead atoms. The minimum absolute atomic E-state index is 0.0327. The maximum atomic E-state index is 12.3. The lowest BCUT2D eigenvalue weighted by Crippen LogP contribution is -2.41. The molecule has 0 saturated heterocycles. The maximum absolute atomic E-state index is 12.3. The highest BCUT2D eigenvalue weighted by atomic mass is 16.1. The Labute approximate surface area is 142 Å². The highest BCUT2D eigenvalue weighted by molar-refractivity contribution is 5.77. The van der Waals surface area contributed by atoms with Crippen molar-refractivity contribution in [2.75, 3.05) is 11.4 Å². The van der Waals surface area contributed by atoms with Crippen LogP contribution in [0.1, 0.15) is 32.3 Å². The molecule has 0 aliphatic carbocycles. The molecule has 1 amide bonds. The first-order chi connectivity index (χ1) is 11.6. The van der Waals surface area contributed by atoms with Gasteiger partial charge in [0.15, 0.2) is 0 Å². The molecule has 1 aliphatic rings. The van der Waals surface area contributed by atoms with Crippen molar-refractivity contribution in [3.05, 3.63) is 42.5 Å². The van der Waals surface area contributed by atoms with Crippen LogP contribution in [0, 0.1) is 0 Å². The molecule has 0 fully saturated rings. The number of aromatic nitrogens is 3. The van der Waals surface area contributed by atoms with Crippen molar-refractivity contribution >= 4 is 11.6 Å². The Kier molecular flexibility index (Phi) is 5.13. The van der Waals surface area contributed by atoms with E-state index >= 15 is 0 Å². The smallest absolute Gasteiger partial charge is 0.222 e. The third-order valence-electron chi connectivity index (χ3n) is 4.58. The third kappa shape index (κ3) is 3.93. The highest BCUT2D eigenvalue weighted by Gasteiger charge is 2.23. The van der Waals surface area contributed by atoms with Gasteiger partial charge in [-0.25, -0.2) is 4.98 Å². The monoisotopic (exact) mass is 327 g/mol. The molecule has 0 saturated carbocycles. The number of fused-ring (bicyclic) bond motifs is 1. The van der Waals surface area contributed by atoms with Crippen molar-refractivity contribution in [3.8, 4) is 0 Å². The molecule has 6 nitrogen and oxygen atoms in total. The van der Waals surface area contributed by atoms with Gasteiger partial charge in [-0.05, 0) is 38.3 Å². The van der Waals surface area contributed by atoms with Crippen LogP contribution in [0.25, 0.3) is 0 Å². The van der Waals surface area contributed by atoms with Gasteiger partial charge in [0.05, 0.1) is 6.54 Å². The van der Waals surface area contributed by atoms with Gasteiger partial charge in [-0.15, -0.1) is 0 Å². The molecule has 128 valence electrons. The Morgan fingerprint density at radius 2 is 2.25 bits per heavy atom. The minimum atomic E-state index is 0.0327. The summed E-state index contributed by atoms with van der Waals surface area (Å²) in [5.74, 6) is 0.0814. The Morgan fingerprint density at radius 1 is 1.42 bits per heavy atom. The number of carbonyl (C=O) groups excluding carboxylic acids is 1. The van der Waals surface area contributed by atoms with Gasteiger partial charge in [0.2, 0.25) is 5.91 Å². The molecule has 2 heterocycles. The molecule has 0 spiro atoms. The molecule has 1 aromatic carbocycles. The van der Waals surface area contributed by atoms with E-state index in [4.69, 9.17) is 0 Å². The van der Waals surface area contributed by atoms with Crippen LogP contribution in [-0.4, -0.2) is 39.3 Å². The molecule has 3 rings (SSSR count). The maximum Gasteiger partial charge on any atom is 0.222 e. The largest absolute Gasteiger partial charge is 0.368 e. The van der Waals surface area contributed by atoms with Gasteiger partial charge in [0, 0.05) is 30.7 Å². The molecule has 2 atom stereocenters. The number of nitrogens with one attached hydrogen (secondary N) is 1. The summed E-state index contributed by atoms with van der Waals surface area (Å²) in [6.45, 7) is 5.61. The molecule has 6 heteroatoms. The van der Waals surface area contributed by atoms with Crippen molar-refractivity contribution in [2.24, 2.45) is 0 Å². The van der Waals surface area contributed by atoms with Crippen LogP contribution >= 0.6 is 0 Å². The summed E-state index contributed by atoms with van der Waals surface area (Å²) in [6.07, 6.45) is 5.93. The summed E-state index contributed by atoms with van der Waals surface area (Å²) in [7, 11) is 0. The van der Waals surface area contributed by atoms with E-state index < -0.39 is 0 Å². The van der Waals surface area contributed by atoms with Crippen molar-refractivity contribution in [1.82, 2.24) is 20.1 Å². The molecule has 1 aromatic heterocycles. The number of carbonyl (C=O) groups is 1. The second-order valence-corrected chi connectivity index (χ2v) is 6.55. The van der Waals surface area contributed by atoms with Gasteiger partial charge >= 0.3 is 0 Å². The molecule has 1 N–H and O–H groups in total. The highest BCUT2D eigenvalue weighted by Crippen LogP contribution is 2.30. The average Bonchev–Trinajstić information content (AvgIpc) is 3.06. The average molecular weight is 327 g/mol. The zero-order valence-electron chi connectivity index (χ0n) is 14.4. The number of aryl methyl sites for hydroxylation is 1. The van der Waals surface area contributed by atoms with Gasteiger partial charge in [-0.1, -0.05) is 18.2 Å². The van der Waals surface area contributed by atoms with Gasteiger partial charge < -0.3 is 10.2 Å². The van der Waals surface area contributed by atoms with Crippen LogP contribution in [0.2, 0.25) is 0 Å². The molecule has 24 heavy (non-hydrogen) atoms. The second-order valence-electron chi connectivity index (χ2n) is 6.55. The Balaban J connectivity index is 1.52. The molecular weight excluding hydrogens is 302 g/mol. The summed E-state index contributed by atoms with van der Waals surface area (Å²) < 4.78 is 1.73. The van der Waals surface area contributed by atoms with Crippen LogP contribution < -0.4 is 10.2 Å². The van der Waals surface area contributed by atoms with Crippen molar-refractivity contribution in [2.45, 2.75) is 51.7 Å². The first-order valence-electron chi connectivity index (χ1n) is 8.60. The van der Waals surface area contributed by atoms with Crippen LogP contribution in [0.4, 0.5) is 5.69 Å². The lowest BCUT2D eigenvalue weighted by Gasteiger charge is -2.37. The zero-order valence-corrected chi connectivity index (χ0v) is 14.4. The summed E-state index contributed by atoms with van der Waals surface area (Å²) in [5.41, 5.74) is 2.66. The normalized spacial score (nSPS) is 18.1. The molecule has 0 radical (unpaired) electrons. The topological polar surface area (TPSA) is 63.1 Å². The van der Waals surface area contributed by atoms with Crippen LogP contribution in [-0.2, 0) is 17.8 Å². The lowest BCUT2D eigenvalue weighted by atomic mass is 9.96. The van der Waals surface area contributed by atoms with Gasteiger partial charge in [-0.3, -0.25) is 9.48 Å². The molecule has 2 aromatic rings. The zero-order chi connectivity index (χ0) is 16.9. The standard InChI is InChI=1S/C18H25N5O/c1-14(11-22-13-19-12-20-22)21-18(24)9-10-23-15(2)7-8-16-5-3-4-6-17(16)23/h3-6,12-15H,7-11H2,1-2H3,(H,21,24)/t14-,15+/m1/s1. The van der Waals surface area contributed by atoms with E-state index in [1.54, 1.807) is 11.0 Å². The Hall–Kier alpha value is -2.37.